The van der Waals surface area contributed by atoms with Crippen LogP contribution in [-0.4, -0.2) is 28.1 Å². The predicted molar refractivity (Wildman–Crippen MR) is 67.1 cm³/mol. The van der Waals surface area contributed by atoms with Gasteiger partial charge in [-0.15, -0.1) is 0 Å². The number of hydrogen-bond acceptors (Lipinski definition) is 3. The summed E-state index contributed by atoms with van der Waals surface area (Å²) in [6, 6.07) is 3.26. The second kappa shape index (κ2) is 4.10. The van der Waals surface area contributed by atoms with Gasteiger partial charge in [-0.3, -0.25) is 9.69 Å². The highest BCUT2D eigenvalue weighted by Gasteiger charge is 2.50. The first-order chi connectivity index (χ1) is 8.18. The van der Waals surface area contributed by atoms with Crippen LogP contribution >= 0.6 is 11.3 Å². The molecule has 2 fully saturated rings. The molecule has 0 radical (unpaired) electrons. The lowest BCUT2D eigenvalue weighted by atomic mass is 9.89. The molecule has 3 rings (SSSR count). The van der Waals surface area contributed by atoms with Crippen LogP contribution in [-0.2, 0) is 4.79 Å². The quantitative estimate of drug-likeness (QED) is 0.898. The molecule has 2 aliphatic rings. The molecule has 3 heterocycles. The topological polar surface area (TPSA) is 40.5 Å². The summed E-state index contributed by atoms with van der Waals surface area (Å²) < 4.78 is 0. The third-order valence-electron chi connectivity index (χ3n) is 4.38. The summed E-state index contributed by atoms with van der Waals surface area (Å²) in [7, 11) is 0. The Kier molecular flexibility index (Phi) is 2.71. The van der Waals surface area contributed by atoms with Crippen LogP contribution in [0.5, 0.6) is 0 Å². The van der Waals surface area contributed by atoms with E-state index in [0.29, 0.717) is 12.1 Å². The first-order valence-electron chi connectivity index (χ1n) is 6.21. The molecule has 17 heavy (non-hydrogen) atoms. The molecule has 4 atom stereocenters. The fourth-order valence-corrected chi connectivity index (χ4v) is 4.33. The van der Waals surface area contributed by atoms with E-state index >= 15 is 0 Å². The van der Waals surface area contributed by atoms with E-state index in [1.807, 2.05) is 0 Å². The molecule has 0 amide bonds. The van der Waals surface area contributed by atoms with Crippen LogP contribution in [0.15, 0.2) is 16.8 Å². The molecule has 92 valence electrons. The standard InChI is InChI=1S/C13H17NO2S/c1-8(9-4-5-17-7-9)14-10-2-3-12(14)11(6-10)13(15)16/h4-5,7-8,10-12H,2-3,6H2,1H3,(H,15,16). The van der Waals surface area contributed by atoms with Crippen molar-refractivity contribution in [2.24, 2.45) is 5.92 Å². The minimum atomic E-state index is -0.611. The van der Waals surface area contributed by atoms with Crippen molar-refractivity contribution in [2.75, 3.05) is 0 Å². The molecule has 1 N–H and O–H groups in total. The van der Waals surface area contributed by atoms with Gasteiger partial charge >= 0.3 is 5.97 Å². The summed E-state index contributed by atoms with van der Waals surface area (Å²) in [5.41, 5.74) is 1.33. The van der Waals surface area contributed by atoms with Crippen molar-refractivity contribution < 1.29 is 9.90 Å². The highest BCUT2D eigenvalue weighted by Crippen LogP contribution is 2.46. The number of aliphatic carboxylic acids is 1. The van der Waals surface area contributed by atoms with Gasteiger partial charge in [0, 0.05) is 18.1 Å². The largest absolute Gasteiger partial charge is 0.481 e. The summed E-state index contributed by atoms with van der Waals surface area (Å²) >= 11 is 1.71. The van der Waals surface area contributed by atoms with Gasteiger partial charge in [0.1, 0.15) is 0 Å². The Hall–Kier alpha value is -0.870. The van der Waals surface area contributed by atoms with Crippen LogP contribution in [0.2, 0.25) is 0 Å². The maximum atomic E-state index is 11.2. The maximum absolute atomic E-state index is 11.2. The van der Waals surface area contributed by atoms with Crippen molar-refractivity contribution in [2.45, 2.75) is 44.3 Å². The molecule has 0 aromatic carbocycles. The minimum Gasteiger partial charge on any atom is -0.481 e. The van der Waals surface area contributed by atoms with Gasteiger partial charge in [0.15, 0.2) is 0 Å². The molecule has 0 aliphatic carbocycles. The second-order valence-corrected chi connectivity index (χ2v) is 5.94. The zero-order valence-electron chi connectivity index (χ0n) is 9.87. The SMILES string of the molecule is CC(c1ccsc1)N1C2CCC1C(C(=O)O)C2. The van der Waals surface area contributed by atoms with Gasteiger partial charge in [-0.25, -0.2) is 0 Å². The fourth-order valence-electron chi connectivity index (χ4n) is 3.58. The lowest BCUT2D eigenvalue weighted by molar-refractivity contribution is -0.142. The Bertz CT molecular complexity index is 417. The average Bonchev–Trinajstić information content (AvgIpc) is 3.03. The fraction of sp³-hybridized carbons (Fsp3) is 0.615. The number of hydrogen-bond donors (Lipinski definition) is 1. The second-order valence-electron chi connectivity index (χ2n) is 5.16. The van der Waals surface area contributed by atoms with Crippen LogP contribution in [0, 0.1) is 5.92 Å². The van der Waals surface area contributed by atoms with Crippen molar-refractivity contribution in [3.63, 3.8) is 0 Å². The molecule has 4 heteroatoms. The molecule has 4 unspecified atom stereocenters. The number of carbonyl (C=O) groups is 1. The van der Waals surface area contributed by atoms with Crippen molar-refractivity contribution >= 4 is 17.3 Å². The number of rotatable bonds is 3. The predicted octanol–water partition coefficient (Wildman–Crippen LogP) is 2.75. The van der Waals surface area contributed by atoms with Crippen LogP contribution < -0.4 is 0 Å². The molecular weight excluding hydrogens is 234 g/mol. The summed E-state index contributed by atoms with van der Waals surface area (Å²) in [4.78, 5) is 13.7. The number of thiophene rings is 1. The molecule has 3 nitrogen and oxygen atoms in total. The minimum absolute atomic E-state index is 0.144. The van der Waals surface area contributed by atoms with Crippen molar-refractivity contribution in [3.05, 3.63) is 22.4 Å². The number of carboxylic acids is 1. The Morgan fingerprint density at radius 1 is 1.59 bits per heavy atom. The summed E-state index contributed by atoms with van der Waals surface area (Å²) in [5.74, 6) is -0.755. The molecule has 2 aliphatic heterocycles. The normalized spacial score (nSPS) is 34.1. The molecule has 0 saturated carbocycles. The molecular formula is C13H17NO2S. The van der Waals surface area contributed by atoms with E-state index in [4.69, 9.17) is 0 Å². The first-order valence-corrected chi connectivity index (χ1v) is 7.15. The van der Waals surface area contributed by atoms with Crippen LogP contribution in [0.4, 0.5) is 0 Å². The van der Waals surface area contributed by atoms with E-state index in [2.05, 4.69) is 28.7 Å². The van der Waals surface area contributed by atoms with Gasteiger partial charge in [-0.2, -0.15) is 11.3 Å². The van der Waals surface area contributed by atoms with Crippen molar-refractivity contribution in [1.82, 2.24) is 4.90 Å². The van der Waals surface area contributed by atoms with E-state index in [0.717, 1.165) is 12.8 Å². The third-order valence-corrected chi connectivity index (χ3v) is 5.08. The van der Waals surface area contributed by atoms with Gasteiger partial charge in [0.2, 0.25) is 0 Å². The van der Waals surface area contributed by atoms with Crippen molar-refractivity contribution in [1.29, 1.82) is 0 Å². The molecule has 0 spiro atoms. The Morgan fingerprint density at radius 2 is 2.41 bits per heavy atom. The first kappa shape index (κ1) is 11.2. The van der Waals surface area contributed by atoms with E-state index in [-0.39, 0.29) is 12.0 Å². The average molecular weight is 251 g/mol. The zero-order chi connectivity index (χ0) is 12.0. The molecule has 1 aromatic rings. The summed E-state index contributed by atoms with van der Waals surface area (Å²) in [6.45, 7) is 2.21. The molecule has 1 aromatic heterocycles. The lowest BCUT2D eigenvalue weighted by Crippen LogP contribution is -2.34. The van der Waals surface area contributed by atoms with Crippen LogP contribution in [0.25, 0.3) is 0 Å². The monoisotopic (exact) mass is 251 g/mol. The van der Waals surface area contributed by atoms with Crippen LogP contribution in [0.3, 0.4) is 0 Å². The van der Waals surface area contributed by atoms with Gasteiger partial charge in [0.05, 0.1) is 5.92 Å². The molecule has 2 saturated heterocycles. The van der Waals surface area contributed by atoms with Gasteiger partial charge in [0.25, 0.3) is 0 Å². The van der Waals surface area contributed by atoms with Gasteiger partial charge in [-0.05, 0) is 48.6 Å². The highest BCUT2D eigenvalue weighted by atomic mass is 32.1. The summed E-state index contributed by atoms with van der Waals surface area (Å²) in [5, 5.41) is 13.5. The van der Waals surface area contributed by atoms with E-state index in [1.54, 1.807) is 11.3 Å². The lowest BCUT2D eigenvalue weighted by Gasteiger charge is -2.29. The van der Waals surface area contributed by atoms with E-state index in [1.165, 1.54) is 12.0 Å². The van der Waals surface area contributed by atoms with E-state index in [9.17, 15) is 9.90 Å². The Morgan fingerprint density at radius 3 is 3.00 bits per heavy atom. The maximum Gasteiger partial charge on any atom is 0.308 e. The van der Waals surface area contributed by atoms with Crippen LogP contribution in [0.1, 0.15) is 37.8 Å². The zero-order valence-corrected chi connectivity index (χ0v) is 10.7. The summed E-state index contributed by atoms with van der Waals surface area (Å²) in [6.07, 6.45) is 3.06. The Labute approximate surface area is 105 Å². The third kappa shape index (κ3) is 1.70. The smallest absolute Gasteiger partial charge is 0.308 e. The number of nitrogens with zero attached hydrogens (tertiary/aromatic N) is 1. The van der Waals surface area contributed by atoms with Gasteiger partial charge in [-0.1, -0.05) is 0 Å². The van der Waals surface area contributed by atoms with Crippen molar-refractivity contribution in [3.8, 4) is 0 Å². The molecule has 2 bridgehead atoms. The Balaban J connectivity index is 1.83. The van der Waals surface area contributed by atoms with Gasteiger partial charge < -0.3 is 5.11 Å². The van der Waals surface area contributed by atoms with E-state index < -0.39 is 5.97 Å². The highest BCUT2D eigenvalue weighted by molar-refractivity contribution is 7.07. The number of fused-ring (bicyclic) bond motifs is 2. The number of carboxylic acid groups (broad SMARTS) is 1.